The fourth-order valence-electron chi connectivity index (χ4n) is 4.36. The zero-order chi connectivity index (χ0) is 23.9. The van der Waals surface area contributed by atoms with Gasteiger partial charge in [-0.3, -0.25) is 14.5 Å². The number of aryl methyl sites for hydroxylation is 2. The Balaban J connectivity index is 1.93. The number of rotatable bonds is 5. The molecule has 0 radical (unpaired) electrons. The predicted molar refractivity (Wildman–Crippen MR) is 132 cm³/mol. The molecule has 1 saturated heterocycles. The number of methoxy groups -OCH3 is 1. The Morgan fingerprint density at radius 2 is 1.85 bits per heavy atom. The second kappa shape index (κ2) is 8.87. The molecule has 1 fully saturated rings. The molecule has 0 spiro atoms. The maximum absolute atomic E-state index is 13.3. The van der Waals surface area contributed by atoms with Crippen LogP contribution in [0.15, 0.2) is 59.5 Å². The highest BCUT2D eigenvalue weighted by molar-refractivity contribution is 7.10. The van der Waals surface area contributed by atoms with Crippen molar-refractivity contribution in [3.8, 4) is 5.75 Å². The highest BCUT2D eigenvalue weighted by Gasteiger charge is 2.47. The molecule has 3 aromatic rings. The molecule has 1 unspecified atom stereocenters. The number of amides is 1. The van der Waals surface area contributed by atoms with Crippen LogP contribution in [-0.2, 0) is 9.59 Å². The van der Waals surface area contributed by atoms with Gasteiger partial charge in [0, 0.05) is 16.1 Å². The lowest BCUT2D eigenvalue weighted by molar-refractivity contribution is -0.132. The van der Waals surface area contributed by atoms with Crippen LogP contribution in [0.3, 0.4) is 0 Å². The van der Waals surface area contributed by atoms with E-state index in [9.17, 15) is 14.7 Å². The number of nitrogens with zero attached hydrogens (tertiary/aromatic N) is 1. The van der Waals surface area contributed by atoms with Gasteiger partial charge < -0.3 is 9.84 Å². The fourth-order valence-corrected chi connectivity index (χ4v) is 5.18. The maximum Gasteiger partial charge on any atom is 0.300 e. The van der Waals surface area contributed by atoms with Crippen LogP contribution >= 0.6 is 11.3 Å². The Labute approximate surface area is 197 Å². The van der Waals surface area contributed by atoms with Crippen LogP contribution in [0.2, 0.25) is 0 Å². The highest BCUT2D eigenvalue weighted by Crippen LogP contribution is 2.45. The number of aliphatic hydroxyl groups excluding tert-OH is 1. The molecule has 33 heavy (non-hydrogen) atoms. The van der Waals surface area contributed by atoms with Crippen molar-refractivity contribution in [1.82, 2.24) is 0 Å². The molecule has 2 aromatic carbocycles. The van der Waals surface area contributed by atoms with E-state index in [-0.39, 0.29) is 17.3 Å². The molecule has 1 atom stereocenters. The average molecular weight is 462 g/mol. The van der Waals surface area contributed by atoms with E-state index in [0.29, 0.717) is 17.0 Å². The Bertz CT molecular complexity index is 1260. The van der Waals surface area contributed by atoms with E-state index in [4.69, 9.17) is 4.74 Å². The Hall–Kier alpha value is -3.38. The summed E-state index contributed by atoms with van der Waals surface area (Å²) >= 11 is 1.45. The minimum Gasteiger partial charge on any atom is -0.507 e. The number of ether oxygens (including phenoxy) is 1. The van der Waals surface area contributed by atoms with E-state index >= 15 is 0 Å². The topological polar surface area (TPSA) is 66.8 Å². The van der Waals surface area contributed by atoms with Crippen molar-refractivity contribution in [3.05, 3.63) is 86.6 Å². The summed E-state index contributed by atoms with van der Waals surface area (Å²) in [6.45, 7) is 7.97. The number of thiophene rings is 1. The van der Waals surface area contributed by atoms with Crippen molar-refractivity contribution in [2.75, 3.05) is 12.0 Å². The molecule has 1 aliphatic heterocycles. The number of carbonyl (C=O) groups excluding carboxylic acids is 2. The standard InChI is InChI=1S/C27H27NO4S/c1-15(2)19-14-18(9-11-21(19)32-5)25(29)23-24(22-7-6-12-33-22)28(27(31)26(23)30)20-10-8-16(3)13-17(20)4/h6-15,24,29H,1-5H3/b25-23-. The van der Waals surface area contributed by atoms with Crippen LogP contribution in [0, 0.1) is 13.8 Å². The van der Waals surface area contributed by atoms with Crippen LogP contribution in [0.5, 0.6) is 5.75 Å². The number of hydrogen-bond acceptors (Lipinski definition) is 5. The number of carbonyl (C=O) groups is 2. The number of ketones is 1. The first-order chi connectivity index (χ1) is 15.7. The summed E-state index contributed by atoms with van der Waals surface area (Å²) in [6, 6.07) is 14.2. The molecule has 5 nitrogen and oxygen atoms in total. The number of anilines is 1. The molecular weight excluding hydrogens is 434 g/mol. The van der Waals surface area contributed by atoms with E-state index in [1.807, 2.05) is 69.5 Å². The summed E-state index contributed by atoms with van der Waals surface area (Å²) in [4.78, 5) is 28.9. The van der Waals surface area contributed by atoms with Crippen molar-refractivity contribution < 1.29 is 19.4 Å². The quantitative estimate of drug-likeness (QED) is 0.282. The van der Waals surface area contributed by atoms with Crippen molar-refractivity contribution >= 4 is 34.5 Å². The van der Waals surface area contributed by atoms with Crippen LogP contribution in [-0.4, -0.2) is 23.9 Å². The first-order valence-corrected chi connectivity index (χ1v) is 11.7. The predicted octanol–water partition coefficient (Wildman–Crippen LogP) is 6.12. The fraction of sp³-hybridized carbons (Fsp3) is 0.259. The Morgan fingerprint density at radius 1 is 1.09 bits per heavy atom. The lowest BCUT2D eigenvalue weighted by Gasteiger charge is -2.26. The smallest absolute Gasteiger partial charge is 0.300 e. The summed E-state index contributed by atoms with van der Waals surface area (Å²) in [7, 11) is 1.60. The average Bonchev–Trinajstić information content (AvgIpc) is 3.40. The third-order valence-electron chi connectivity index (χ3n) is 5.99. The molecule has 0 saturated carbocycles. The summed E-state index contributed by atoms with van der Waals surface area (Å²) in [5.74, 6) is -0.638. The maximum atomic E-state index is 13.3. The summed E-state index contributed by atoms with van der Waals surface area (Å²) in [5.41, 5.74) is 4.13. The molecule has 1 aromatic heterocycles. The van der Waals surface area contributed by atoms with Crippen LogP contribution < -0.4 is 9.64 Å². The molecule has 0 aliphatic carbocycles. The number of benzene rings is 2. The highest BCUT2D eigenvalue weighted by atomic mass is 32.1. The SMILES string of the molecule is COc1ccc(/C(O)=C2/C(=O)C(=O)N(c3ccc(C)cc3C)C2c2cccs2)cc1C(C)C. The van der Waals surface area contributed by atoms with E-state index in [2.05, 4.69) is 0 Å². The molecule has 1 N–H and O–H groups in total. The summed E-state index contributed by atoms with van der Waals surface area (Å²) < 4.78 is 5.46. The third kappa shape index (κ3) is 3.95. The molecular formula is C27H27NO4S. The second-order valence-corrected chi connectivity index (χ2v) is 9.57. The van der Waals surface area contributed by atoms with Crippen molar-refractivity contribution in [2.45, 2.75) is 39.7 Å². The molecule has 1 aliphatic rings. The van der Waals surface area contributed by atoms with Gasteiger partial charge in [-0.25, -0.2) is 0 Å². The molecule has 6 heteroatoms. The van der Waals surface area contributed by atoms with Gasteiger partial charge in [0.05, 0.1) is 12.7 Å². The lowest BCUT2D eigenvalue weighted by Crippen LogP contribution is -2.29. The van der Waals surface area contributed by atoms with Crippen molar-refractivity contribution in [1.29, 1.82) is 0 Å². The third-order valence-corrected chi connectivity index (χ3v) is 6.92. The van der Waals surface area contributed by atoms with E-state index in [0.717, 1.165) is 21.6 Å². The first kappa shape index (κ1) is 22.8. The Kier molecular flexibility index (Phi) is 6.13. The van der Waals surface area contributed by atoms with Crippen LogP contribution in [0.25, 0.3) is 5.76 Å². The van der Waals surface area contributed by atoms with E-state index < -0.39 is 17.7 Å². The Morgan fingerprint density at radius 3 is 2.45 bits per heavy atom. The normalized spacial score (nSPS) is 17.8. The van der Waals surface area contributed by atoms with Crippen LogP contribution in [0.4, 0.5) is 5.69 Å². The van der Waals surface area contributed by atoms with Gasteiger partial charge >= 0.3 is 0 Å². The van der Waals surface area contributed by atoms with Gasteiger partial charge in [0.25, 0.3) is 11.7 Å². The van der Waals surface area contributed by atoms with Gasteiger partial charge in [0.15, 0.2) is 0 Å². The van der Waals surface area contributed by atoms with Gasteiger partial charge in [0.2, 0.25) is 0 Å². The summed E-state index contributed by atoms with van der Waals surface area (Å²) in [6.07, 6.45) is 0. The van der Waals surface area contributed by atoms with Gasteiger partial charge in [0.1, 0.15) is 17.6 Å². The zero-order valence-electron chi connectivity index (χ0n) is 19.4. The lowest BCUT2D eigenvalue weighted by atomic mass is 9.95. The summed E-state index contributed by atoms with van der Waals surface area (Å²) in [5, 5.41) is 13.3. The van der Waals surface area contributed by atoms with Gasteiger partial charge in [-0.2, -0.15) is 0 Å². The molecule has 170 valence electrons. The van der Waals surface area contributed by atoms with Gasteiger partial charge in [-0.05, 0) is 66.6 Å². The molecule has 1 amide bonds. The number of hydrogen-bond donors (Lipinski definition) is 1. The van der Waals surface area contributed by atoms with E-state index in [1.165, 1.54) is 16.2 Å². The first-order valence-electron chi connectivity index (χ1n) is 10.8. The minimum absolute atomic E-state index is 0.0993. The molecule has 0 bridgehead atoms. The number of aliphatic hydroxyl groups is 1. The number of Topliss-reactive ketones (excluding diaryl/α,β-unsaturated/α-hetero) is 1. The minimum atomic E-state index is -0.698. The molecule has 4 rings (SSSR count). The monoisotopic (exact) mass is 461 g/mol. The van der Waals surface area contributed by atoms with Crippen molar-refractivity contribution in [2.24, 2.45) is 0 Å². The molecule has 2 heterocycles. The van der Waals surface area contributed by atoms with Crippen molar-refractivity contribution in [3.63, 3.8) is 0 Å². The zero-order valence-corrected chi connectivity index (χ0v) is 20.2. The second-order valence-electron chi connectivity index (χ2n) is 8.59. The van der Waals surface area contributed by atoms with Crippen LogP contribution in [0.1, 0.15) is 52.9 Å². The van der Waals surface area contributed by atoms with Gasteiger partial charge in [-0.15, -0.1) is 11.3 Å². The van der Waals surface area contributed by atoms with E-state index in [1.54, 1.807) is 19.2 Å². The van der Waals surface area contributed by atoms with Gasteiger partial charge in [-0.1, -0.05) is 37.6 Å². The largest absolute Gasteiger partial charge is 0.507 e.